The quantitative estimate of drug-likeness (QED) is 0.839. The van der Waals surface area contributed by atoms with Crippen molar-refractivity contribution in [1.29, 1.82) is 0 Å². The summed E-state index contributed by atoms with van der Waals surface area (Å²) in [5.41, 5.74) is 2.00. The third-order valence-corrected chi connectivity index (χ3v) is 3.32. The second kappa shape index (κ2) is 5.98. The van der Waals surface area contributed by atoms with E-state index < -0.39 is 12.2 Å². The summed E-state index contributed by atoms with van der Waals surface area (Å²) in [6.45, 7) is 6.40. The topological polar surface area (TPSA) is 40.5 Å². The lowest BCUT2D eigenvalue weighted by Gasteiger charge is -2.22. The Kier molecular flexibility index (Phi) is 5.17. The molecule has 0 fully saturated rings. The zero-order chi connectivity index (χ0) is 13.1. The molecule has 1 aromatic carbocycles. The minimum atomic E-state index is -0.810. The molecule has 1 rings (SSSR count). The lowest BCUT2D eigenvalue weighted by Crippen LogP contribution is -2.19. The molecule has 0 radical (unpaired) electrons. The molecule has 17 heavy (non-hydrogen) atoms. The predicted octanol–water partition coefficient (Wildman–Crippen LogP) is 3.16. The Balaban J connectivity index is 2.92. The Morgan fingerprint density at radius 1 is 1.24 bits per heavy atom. The summed E-state index contributed by atoms with van der Waals surface area (Å²) in [4.78, 5) is 0. The summed E-state index contributed by atoms with van der Waals surface area (Å²) in [6, 6.07) is 7.81. The molecule has 2 atom stereocenters. The number of hydrogen-bond donors (Lipinski definition) is 2. The molecule has 2 unspecified atom stereocenters. The van der Waals surface area contributed by atoms with Crippen LogP contribution in [0.5, 0.6) is 0 Å². The van der Waals surface area contributed by atoms with Crippen LogP contribution in [0.15, 0.2) is 24.3 Å². The van der Waals surface area contributed by atoms with E-state index in [1.807, 2.05) is 24.3 Å². The second-order valence-electron chi connectivity index (χ2n) is 5.37. The molecule has 1 aromatic rings. The molecule has 0 saturated heterocycles. The highest BCUT2D eigenvalue weighted by atomic mass is 79.9. The van der Waals surface area contributed by atoms with Crippen LogP contribution < -0.4 is 0 Å². The van der Waals surface area contributed by atoms with Gasteiger partial charge in [0.15, 0.2) is 0 Å². The van der Waals surface area contributed by atoms with Gasteiger partial charge in [-0.1, -0.05) is 61.0 Å². The van der Waals surface area contributed by atoms with Crippen LogP contribution in [0, 0.1) is 0 Å². The van der Waals surface area contributed by atoms with E-state index in [1.54, 1.807) is 0 Å². The standard InChI is InChI=1S/C14H21BrO2/c1-14(2,3)11-6-4-5-10(9-11)13(17)12(16)7-8-15/h4-6,9,12-13,16-17H,7-8H2,1-3H3. The van der Waals surface area contributed by atoms with Gasteiger partial charge in [0, 0.05) is 5.33 Å². The zero-order valence-electron chi connectivity index (χ0n) is 10.7. The van der Waals surface area contributed by atoms with Crippen molar-refractivity contribution < 1.29 is 10.2 Å². The average Bonchev–Trinajstić information content (AvgIpc) is 2.27. The maximum Gasteiger partial charge on any atom is 0.105 e. The Bertz CT molecular complexity index is 357. The van der Waals surface area contributed by atoms with Crippen molar-refractivity contribution in [3.8, 4) is 0 Å². The summed E-state index contributed by atoms with van der Waals surface area (Å²) < 4.78 is 0. The molecule has 0 aliphatic heterocycles. The van der Waals surface area contributed by atoms with E-state index in [1.165, 1.54) is 5.56 Å². The van der Waals surface area contributed by atoms with E-state index in [4.69, 9.17) is 0 Å². The Hall–Kier alpha value is -0.380. The van der Waals surface area contributed by atoms with Gasteiger partial charge in [-0.2, -0.15) is 0 Å². The minimum absolute atomic E-state index is 0.0517. The first-order chi connectivity index (χ1) is 7.86. The van der Waals surface area contributed by atoms with Crippen molar-refractivity contribution >= 4 is 15.9 Å². The number of benzene rings is 1. The molecular weight excluding hydrogens is 280 g/mol. The van der Waals surface area contributed by atoms with Gasteiger partial charge in [0.25, 0.3) is 0 Å². The fourth-order valence-electron chi connectivity index (χ4n) is 1.68. The number of aliphatic hydroxyl groups is 2. The van der Waals surface area contributed by atoms with Gasteiger partial charge in [-0.15, -0.1) is 0 Å². The smallest absolute Gasteiger partial charge is 0.105 e. The van der Waals surface area contributed by atoms with E-state index in [0.29, 0.717) is 11.8 Å². The molecule has 0 aromatic heterocycles. The third-order valence-electron chi connectivity index (χ3n) is 2.86. The molecule has 0 saturated carbocycles. The highest BCUT2D eigenvalue weighted by molar-refractivity contribution is 9.09. The largest absolute Gasteiger partial charge is 0.390 e. The molecule has 2 nitrogen and oxygen atoms in total. The zero-order valence-corrected chi connectivity index (χ0v) is 12.2. The molecule has 0 amide bonds. The van der Waals surface area contributed by atoms with Crippen molar-refractivity contribution in [2.75, 3.05) is 5.33 Å². The number of rotatable bonds is 4. The van der Waals surface area contributed by atoms with Gasteiger partial charge in [-0.3, -0.25) is 0 Å². The van der Waals surface area contributed by atoms with Gasteiger partial charge in [0.1, 0.15) is 6.10 Å². The highest BCUT2D eigenvalue weighted by Gasteiger charge is 2.20. The van der Waals surface area contributed by atoms with Crippen LogP contribution in [-0.4, -0.2) is 21.6 Å². The summed E-state index contributed by atoms with van der Waals surface area (Å²) in [6.07, 6.45) is -0.986. The van der Waals surface area contributed by atoms with Gasteiger partial charge in [-0.25, -0.2) is 0 Å². The molecule has 3 heteroatoms. The van der Waals surface area contributed by atoms with Crippen LogP contribution in [0.2, 0.25) is 0 Å². The molecule has 0 bridgehead atoms. The summed E-state index contributed by atoms with van der Waals surface area (Å²) >= 11 is 3.27. The monoisotopic (exact) mass is 300 g/mol. The summed E-state index contributed by atoms with van der Waals surface area (Å²) in [5.74, 6) is 0. The third kappa shape index (κ3) is 4.09. The van der Waals surface area contributed by atoms with Crippen LogP contribution >= 0.6 is 15.9 Å². The van der Waals surface area contributed by atoms with Gasteiger partial charge in [0.05, 0.1) is 6.10 Å². The SMILES string of the molecule is CC(C)(C)c1cccc(C(O)C(O)CCBr)c1. The average molecular weight is 301 g/mol. The van der Waals surface area contributed by atoms with Gasteiger partial charge in [-0.05, 0) is 23.0 Å². The van der Waals surface area contributed by atoms with Crippen molar-refractivity contribution in [3.05, 3.63) is 35.4 Å². The summed E-state index contributed by atoms with van der Waals surface area (Å²) in [5, 5.41) is 20.5. The van der Waals surface area contributed by atoms with E-state index in [-0.39, 0.29) is 5.41 Å². The normalized spacial score (nSPS) is 15.6. The van der Waals surface area contributed by atoms with Crippen LogP contribution in [0.3, 0.4) is 0 Å². The first-order valence-electron chi connectivity index (χ1n) is 5.89. The van der Waals surface area contributed by atoms with E-state index in [2.05, 4.69) is 36.7 Å². The van der Waals surface area contributed by atoms with Crippen LogP contribution in [0.1, 0.15) is 44.4 Å². The Morgan fingerprint density at radius 2 is 1.88 bits per heavy atom. The van der Waals surface area contributed by atoms with Crippen LogP contribution in [0.4, 0.5) is 0 Å². The molecule has 2 N–H and O–H groups in total. The number of hydrogen-bond acceptors (Lipinski definition) is 2. The number of aliphatic hydroxyl groups excluding tert-OH is 2. The van der Waals surface area contributed by atoms with E-state index in [0.717, 1.165) is 5.56 Å². The molecule has 0 aliphatic carbocycles. The summed E-state index contributed by atoms with van der Waals surface area (Å²) in [7, 11) is 0. The fourth-order valence-corrected chi connectivity index (χ4v) is 2.15. The predicted molar refractivity (Wildman–Crippen MR) is 74.5 cm³/mol. The number of halogens is 1. The van der Waals surface area contributed by atoms with E-state index in [9.17, 15) is 10.2 Å². The molecular formula is C14H21BrO2. The maximum absolute atomic E-state index is 10.0. The Labute approximate surface area is 112 Å². The first-order valence-corrected chi connectivity index (χ1v) is 7.01. The molecule has 0 spiro atoms. The highest BCUT2D eigenvalue weighted by Crippen LogP contribution is 2.26. The lowest BCUT2D eigenvalue weighted by molar-refractivity contribution is 0.0173. The van der Waals surface area contributed by atoms with Gasteiger partial charge < -0.3 is 10.2 Å². The van der Waals surface area contributed by atoms with Crippen LogP contribution in [0.25, 0.3) is 0 Å². The fraction of sp³-hybridized carbons (Fsp3) is 0.571. The molecule has 0 aliphatic rings. The maximum atomic E-state index is 10.0. The van der Waals surface area contributed by atoms with Gasteiger partial charge in [0.2, 0.25) is 0 Å². The number of alkyl halides is 1. The van der Waals surface area contributed by atoms with Crippen molar-refractivity contribution in [2.24, 2.45) is 0 Å². The molecule has 0 heterocycles. The second-order valence-corrected chi connectivity index (χ2v) is 6.16. The van der Waals surface area contributed by atoms with Gasteiger partial charge >= 0.3 is 0 Å². The van der Waals surface area contributed by atoms with Crippen molar-refractivity contribution in [1.82, 2.24) is 0 Å². The van der Waals surface area contributed by atoms with E-state index >= 15 is 0 Å². The Morgan fingerprint density at radius 3 is 2.41 bits per heavy atom. The first kappa shape index (κ1) is 14.7. The minimum Gasteiger partial charge on any atom is -0.390 e. The van der Waals surface area contributed by atoms with Crippen molar-refractivity contribution in [3.63, 3.8) is 0 Å². The van der Waals surface area contributed by atoms with Crippen LogP contribution in [-0.2, 0) is 5.41 Å². The van der Waals surface area contributed by atoms with Crippen molar-refractivity contribution in [2.45, 2.75) is 44.8 Å². The lowest BCUT2D eigenvalue weighted by atomic mass is 9.85. The molecule has 96 valence electrons.